The van der Waals surface area contributed by atoms with Gasteiger partial charge in [0.25, 0.3) is 5.56 Å². The molecule has 0 bridgehead atoms. The van der Waals surface area contributed by atoms with Crippen molar-refractivity contribution in [3.63, 3.8) is 0 Å². The number of H-pyrrole nitrogens is 1. The quantitative estimate of drug-likeness (QED) is 0.643. The molecule has 0 spiro atoms. The van der Waals surface area contributed by atoms with Crippen molar-refractivity contribution < 1.29 is 19.8 Å². The summed E-state index contributed by atoms with van der Waals surface area (Å²) in [5, 5.41) is 19.5. The van der Waals surface area contributed by atoms with Gasteiger partial charge in [-0.1, -0.05) is 30.3 Å². The zero-order valence-corrected chi connectivity index (χ0v) is 11.7. The second-order valence-electron chi connectivity index (χ2n) is 4.94. The standard InChI is InChI=1S/C17H11NO5/c19-14(9-4-2-1-3-5-9)13-15(20)11-8-10(17(22)23)6-7-12(11)18-16(13)21/h1-8H,(H,22,23)(H2,18,20,21). The lowest BCUT2D eigenvalue weighted by atomic mass is 10.0. The number of nitrogens with one attached hydrogen (secondary N) is 1. The highest BCUT2D eigenvalue weighted by atomic mass is 16.4. The molecule has 0 fully saturated rings. The summed E-state index contributed by atoms with van der Waals surface area (Å²) in [4.78, 5) is 38.1. The lowest BCUT2D eigenvalue weighted by Gasteiger charge is -2.07. The molecular weight excluding hydrogens is 298 g/mol. The molecule has 0 unspecified atom stereocenters. The Morgan fingerprint density at radius 3 is 2.30 bits per heavy atom. The number of aromatic carboxylic acids is 1. The number of carbonyl (C=O) groups is 2. The van der Waals surface area contributed by atoms with Gasteiger partial charge in [-0.15, -0.1) is 0 Å². The number of fused-ring (bicyclic) bond motifs is 1. The molecule has 2 aromatic carbocycles. The molecule has 0 amide bonds. The smallest absolute Gasteiger partial charge is 0.335 e. The molecule has 0 aliphatic carbocycles. The summed E-state index contributed by atoms with van der Waals surface area (Å²) < 4.78 is 0. The van der Waals surface area contributed by atoms with Crippen LogP contribution in [0.15, 0.2) is 53.3 Å². The molecule has 3 rings (SSSR count). The fourth-order valence-electron chi connectivity index (χ4n) is 2.35. The number of rotatable bonds is 3. The van der Waals surface area contributed by atoms with Crippen molar-refractivity contribution in [2.45, 2.75) is 0 Å². The average Bonchev–Trinajstić information content (AvgIpc) is 2.55. The molecule has 0 saturated carbocycles. The van der Waals surface area contributed by atoms with E-state index in [0.29, 0.717) is 0 Å². The first-order valence-corrected chi connectivity index (χ1v) is 6.71. The largest absolute Gasteiger partial charge is 0.506 e. The second-order valence-corrected chi connectivity index (χ2v) is 4.94. The van der Waals surface area contributed by atoms with Crippen molar-refractivity contribution >= 4 is 22.7 Å². The summed E-state index contributed by atoms with van der Waals surface area (Å²) in [6.07, 6.45) is 0. The van der Waals surface area contributed by atoms with Gasteiger partial charge in [-0.2, -0.15) is 0 Å². The van der Waals surface area contributed by atoms with E-state index < -0.39 is 28.6 Å². The molecule has 0 saturated heterocycles. The third kappa shape index (κ3) is 2.46. The van der Waals surface area contributed by atoms with Gasteiger partial charge in [0, 0.05) is 10.9 Å². The number of pyridine rings is 1. The van der Waals surface area contributed by atoms with Crippen LogP contribution in [0.5, 0.6) is 5.75 Å². The summed E-state index contributed by atoms with van der Waals surface area (Å²) in [6, 6.07) is 11.9. The van der Waals surface area contributed by atoms with E-state index in [-0.39, 0.29) is 22.0 Å². The molecule has 0 aliphatic heterocycles. The summed E-state index contributed by atoms with van der Waals surface area (Å²) in [6.45, 7) is 0. The number of hydrogen-bond acceptors (Lipinski definition) is 4. The van der Waals surface area contributed by atoms with Gasteiger partial charge >= 0.3 is 5.97 Å². The van der Waals surface area contributed by atoms with E-state index in [9.17, 15) is 19.5 Å². The van der Waals surface area contributed by atoms with E-state index in [4.69, 9.17) is 5.11 Å². The maximum atomic E-state index is 12.5. The first-order valence-electron chi connectivity index (χ1n) is 6.71. The van der Waals surface area contributed by atoms with E-state index in [1.54, 1.807) is 18.2 Å². The molecule has 0 aliphatic rings. The Morgan fingerprint density at radius 2 is 1.65 bits per heavy atom. The summed E-state index contributed by atoms with van der Waals surface area (Å²) in [7, 11) is 0. The molecule has 3 aromatic rings. The monoisotopic (exact) mass is 309 g/mol. The Morgan fingerprint density at radius 1 is 0.957 bits per heavy atom. The zero-order valence-electron chi connectivity index (χ0n) is 11.7. The number of carboxylic acids is 1. The minimum Gasteiger partial charge on any atom is -0.506 e. The predicted octanol–water partition coefficient (Wildman–Crippen LogP) is 2.16. The number of carbonyl (C=O) groups excluding carboxylic acids is 1. The maximum Gasteiger partial charge on any atom is 0.335 e. The highest BCUT2D eigenvalue weighted by molar-refractivity contribution is 6.13. The Kier molecular flexibility index (Phi) is 3.42. The van der Waals surface area contributed by atoms with Gasteiger partial charge in [-0.05, 0) is 18.2 Å². The van der Waals surface area contributed by atoms with Gasteiger partial charge in [0.05, 0.1) is 11.1 Å². The summed E-state index contributed by atoms with van der Waals surface area (Å²) >= 11 is 0. The number of benzene rings is 2. The lowest BCUT2D eigenvalue weighted by molar-refractivity contribution is 0.0697. The van der Waals surface area contributed by atoms with Crippen molar-refractivity contribution in [3.8, 4) is 5.75 Å². The van der Waals surface area contributed by atoms with Gasteiger partial charge in [0.15, 0.2) is 0 Å². The normalized spacial score (nSPS) is 10.6. The van der Waals surface area contributed by atoms with Crippen LogP contribution in [0.25, 0.3) is 10.9 Å². The molecule has 0 radical (unpaired) electrons. The van der Waals surface area contributed by atoms with Crippen LogP contribution in [0.1, 0.15) is 26.3 Å². The van der Waals surface area contributed by atoms with Gasteiger partial charge < -0.3 is 15.2 Å². The number of carboxylic acid groups (broad SMARTS) is 1. The fourth-order valence-corrected chi connectivity index (χ4v) is 2.35. The van der Waals surface area contributed by atoms with Crippen molar-refractivity contribution in [2.24, 2.45) is 0 Å². The number of ketones is 1. The number of aromatic hydroxyl groups is 1. The van der Waals surface area contributed by atoms with Crippen LogP contribution < -0.4 is 5.56 Å². The van der Waals surface area contributed by atoms with E-state index in [1.165, 1.54) is 30.3 Å². The second kappa shape index (κ2) is 5.42. The van der Waals surface area contributed by atoms with Crippen LogP contribution in [0.2, 0.25) is 0 Å². The van der Waals surface area contributed by atoms with E-state index in [2.05, 4.69) is 4.98 Å². The van der Waals surface area contributed by atoms with Gasteiger partial charge in [0.2, 0.25) is 5.78 Å². The Hall–Kier alpha value is -3.41. The first-order chi connectivity index (χ1) is 11.0. The van der Waals surface area contributed by atoms with Crippen molar-refractivity contribution in [1.29, 1.82) is 0 Å². The highest BCUT2D eigenvalue weighted by Gasteiger charge is 2.21. The Bertz CT molecular complexity index is 989. The maximum absolute atomic E-state index is 12.5. The van der Waals surface area contributed by atoms with Crippen LogP contribution in [0, 0.1) is 0 Å². The summed E-state index contributed by atoms with van der Waals surface area (Å²) in [5.41, 5.74) is -0.694. The molecule has 6 heteroatoms. The molecular formula is C17H11NO5. The number of aromatic amines is 1. The SMILES string of the molecule is O=C(O)c1ccc2[nH]c(=O)c(C(=O)c3ccccc3)c(O)c2c1. The lowest BCUT2D eigenvalue weighted by Crippen LogP contribution is -2.19. The minimum absolute atomic E-state index is 0.0574. The van der Waals surface area contributed by atoms with Crippen LogP contribution >= 0.6 is 0 Å². The van der Waals surface area contributed by atoms with E-state index in [1.807, 2.05) is 0 Å². The third-order valence-corrected chi connectivity index (χ3v) is 3.50. The molecule has 1 aromatic heterocycles. The topological polar surface area (TPSA) is 107 Å². The van der Waals surface area contributed by atoms with Crippen molar-refractivity contribution in [2.75, 3.05) is 0 Å². The predicted molar refractivity (Wildman–Crippen MR) is 83.1 cm³/mol. The number of hydrogen-bond donors (Lipinski definition) is 3. The van der Waals surface area contributed by atoms with Crippen molar-refractivity contribution in [3.05, 3.63) is 75.6 Å². The van der Waals surface area contributed by atoms with Crippen LogP contribution in [0.3, 0.4) is 0 Å². The molecule has 23 heavy (non-hydrogen) atoms. The average molecular weight is 309 g/mol. The Balaban J connectivity index is 2.27. The van der Waals surface area contributed by atoms with Crippen LogP contribution in [0.4, 0.5) is 0 Å². The highest BCUT2D eigenvalue weighted by Crippen LogP contribution is 2.27. The molecule has 3 N–H and O–H groups in total. The third-order valence-electron chi connectivity index (χ3n) is 3.50. The van der Waals surface area contributed by atoms with Crippen molar-refractivity contribution in [1.82, 2.24) is 4.98 Å². The van der Waals surface area contributed by atoms with Gasteiger partial charge in [-0.25, -0.2) is 4.79 Å². The van der Waals surface area contributed by atoms with E-state index in [0.717, 1.165) is 0 Å². The molecule has 114 valence electrons. The number of aromatic nitrogens is 1. The van der Waals surface area contributed by atoms with Crippen LogP contribution in [-0.4, -0.2) is 26.9 Å². The van der Waals surface area contributed by atoms with Gasteiger partial charge in [-0.3, -0.25) is 9.59 Å². The summed E-state index contributed by atoms with van der Waals surface area (Å²) in [5.74, 6) is -2.33. The van der Waals surface area contributed by atoms with E-state index >= 15 is 0 Å². The zero-order chi connectivity index (χ0) is 16.6. The molecule has 6 nitrogen and oxygen atoms in total. The fraction of sp³-hybridized carbons (Fsp3) is 0. The van der Waals surface area contributed by atoms with Crippen LogP contribution in [-0.2, 0) is 0 Å². The molecule has 0 atom stereocenters. The minimum atomic E-state index is -1.17. The first kappa shape index (κ1) is 14.5. The van der Waals surface area contributed by atoms with Gasteiger partial charge in [0.1, 0.15) is 11.3 Å². The Labute approximate surface area is 129 Å². The molecule has 1 heterocycles.